The normalized spacial score (nSPS) is 10.2. The van der Waals surface area contributed by atoms with Crippen LogP contribution in [0.3, 0.4) is 0 Å². The first-order chi connectivity index (χ1) is 9.85. The molecular weight excluding hydrogens is 272 g/mol. The van der Waals surface area contributed by atoms with E-state index in [-0.39, 0.29) is 5.69 Å². The second-order valence-electron chi connectivity index (χ2n) is 3.78. The van der Waals surface area contributed by atoms with E-state index in [2.05, 4.69) is 20.3 Å². The minimum absolute atomic E-state index is 0.289. The summed E-state index contributed by atoms with van der Waals surface area (Å²) in [5, 5.41) is 21.9. The van der Waals surface area contributed by atoms with Crippen molar-refractivity contribution >= 4 is 11.8 Å². The molecule has 0 radical (unpaired) electrons. The van der Waals surface area contributed by atoms with Crippen LogP contribution in [0.25, 0.3) is 5.69 Å². The molecule has 2 aromatic heterocycles. The number of hydrogen-bond donors (Lipinski definition) is 0. The molecule has 96 valence electrons. The smallest absolute Gasteiger partial charge is 0.215 e. The lowest BCUT2D eigenvalue weighted by Gasteiger charge is -1.98. The number of para-hydroxylation sites is 1. The van der Waals surface area contributed by atoms with E-state index < -0.39 is 0 Å². The molecular formula is C13H8N6S. The lowest BCUT2D eigenvalue weighted by atomic mass is 10.3. The average molecular weight is 280 g/mol. The third-order valence-electron chi connectivity index (χ3n) is 2.44. The van der Waals surface area contributed by atoms with E-state index in [0.29, 0.717) is 10.2 Å². The van der Waals surface area contributed by atoms with Crippen LogP contribution in [0.5, 0.6) is 0 Å². The summed E-state index contributed by atoms with van der Waals surface area (Å²) >= 11 is 1.30. The Morgan fingerprint density at radius 1 is 1.05 bits per heavy atom. The van der Waals surface area contributed by atoms with E-state index in [4.69, 9.17) is 5.26 Å². The van der Waals surface area contributed by atoms with Gasteiger partial charge in [-0.2, -0.15) is 5.26 Å². The summed E-state index contributed by atoms with van der Waals surface area (Å²) in [5.74, 6) is 0. The Kier molecular flexibility index (Phi) is 3.39. The fraction of sp³-hybridized carbons (Fsp3) is 0. The summed E-state index contributed by atoms with van der Waals surface area (Å²) in [6.07, 6.45) is 1.65. The second-order valence-corrected chi connectivity index (χ2v) is 4.77. The Morgan fingerprint density at radius 3 is 2.60 bits per heavy atom. The van der Waals surface area contributed by atoms with Gasteiger partial charge in [-0.25, -0.2) is 9.67 Å². The highest BCUT2D eigenvalue weighted by Gasteiger charge is 2.06. The highest BCUT2D eigenvalue weighted by atomic mass is 32.2. The van der Waals surface area contributed by atoms with Crippen molar-refractivity contribution in [3.8, 4) is 11.8 Å². The summed E-state index contributed by atoms with van der Waals surface area (Å²) in [6, 6.07) is 15.0. The first-order valence-corrected chi connectivity index (χ1v) is 6.55. The Hall–Kier alpha value is -2.72. The number of nitriles is 1. The molecule has 0 amide bonds. The quantitative estimate of drug-likeness (QED) is 0.730. The molecule has 0 aliphatic heterocycles. The van der Waals surface area contributed by atoms with E-state index in [1.54, 1.807) is 23.1 Å². The molecule has 0 saturated heterocycles. The van der Waals surface area contributed by atoms with E-state index >= 15 is 0 Å². The molecule has 0 N–H and O–H groups in total. The van der Waals surface area contributed by atoms with Crippen LogP contribution >= 0.6 is 11.8 Å². The maximum absolute atomic E-state index is 8.66. The highest BCUT2D eigenvalue weighted by molar-refractivity contribution is 7.99. The lowest BCUT2D eigenvalue weighted by Crippen LogP contribution is -1.94. The van der Waals surface area contributed by atoms with Crippen molar-refractivity contribution < 1.29 is 0 Å². The molecule has 20 heavy (non-hydrogen) atoms. The van der Waals surface area contributed by atoms with Gasteiger partial charge < -0.3 is 0 Å². The molecule has 0 unspecified atom stereocenters. The summed E-state index contributed by atoms with van der Waals surface area (Å²) in [4.78, 5) is 4.21. The highest BCUT2D eigenvalue weighted by Crippen LogP contribution is 2.22. The van der Waals surface area contributed by atoms with Gasteiger partial charge in [-0.05, 0) is 36.0 Å². The van der Waals surface area contributed by atoms with Gasteiger partial charge in [0, 0.05) is 0 Å². The van der Waals surface area contributed by atoms with Gasteiger partial charge in [0.25, 0.3) is 0 Å². The third kappa shape index (κ3) is 2.65. The van der Waals surface area contributed by atoms with Crippen LogP contribution in [0.15, 0.2) is 59.0 Å². The van der Waals surface area contributed by atoms with Gasteiger partial charge in [-0.15, -0.1) is 15.3 Å². The Balaban J connectivity index is 1.79. The van der Waals surface area contributed by atoms with Gasteiger partial charge in [0.05, 0.1) is 5.69 Å². The number of hydrogen-bond acceptors (Lipinski definition) is 6. The van der Waals surface area contributed by atoms with Crippen LogP contribution in [0, 0.1) is 11.3 Å². The molecule has 7 heteroatoms. The van der Waals surface area contributed by atoms with Crippen molar-refractivity contribution in [3.63, 3.8) is 0 Å². The standard InChI is InChI=1S/C13H8N6S/c14-8-10-6-7-12(17-16-10)20-13-15-9-19(18-13)11-4-2-1-3-5-11/h1-7,9H. The lowest BCUT2D eigenvalue weighted by molar-refractivity contribution is 0.831. The van der Waals surface area contributed by atoms with E-state index in [9.17, 15) is 0 Å². The van der Waals surface area contributed by atoms with Crippen molar-refractivity contribution in [2.45, 2.75) is 10.2 Å². The zero-order valence-corrected chi connectivity index (χ0v) is 11.0. The fourth-order valence-corrected chi connectivity index (χ4v) is 2.16. The number of benzene rings is 1. The number of nitrogens with zero attached hydrogens (tertiary/aromatic N) is 6. The van der Waals surface area contributed by atoms with Crippen molar-refractivity contribution in [2.75, 3.05) is 0 Å². The summed E-state index contributed by atoms with van der Waals surface area (Å²) < 4.78 is 1.69. The Labute approximate surface area is 119 Å². The Bertz CT molecular complexity index is 745. The molecule has 0 spiro atoms. The predicted octanol–water partition coefficient (Wildman–Crippen LogP) is 2.08. The van der Waals surface area contributed by atoms with Gasteiger partial charge in [0.2, 0.25) is 5.16 Å². The molecule has 0 saturated carbocycles. The summed E-state index contributed by atoms with van der Waals surface area (Å²) in [6.45, 7) is 0. The van der Waals surface area contributed by atoms with Gasteiger partial charge >= 0.3 is 0 Å². The minimum Gasteiger partial charge on any atom is -0.220 e. The summed E-state index contributed by atoms with van der Waals surface area (Å²) in [7, 11) is 0. The maximum Gasteiger partial charge on any atom is 0.215 e. The monoisotopic (exact) mass is 280 g/mol. The summed E-state index contributed by atoms with van der Waals surface area (Å²) in [5.41, 5.74) is 1.23. The predicted molar refractivity (Wildman–Crippen MR) is 72.2 cm³/mol. The van der Waals surface area contributed by atoms with E-state index in [0.717, 1.165) is 5.69 Å². The zero-order chi connectivity index (χ0) is 13.8. The second kappa shape index (κ2) is 5.50. The molecule has 3 rings (SSSR count). The van der Waals surface area contributed by atoms with Crippen LogP contribution in [-0.2, 0) is 0 Å². The maximum atomic E-state index is 8.66. The average Bonchev–Trinajstić information content (AvgIpc) is 2.97. The topological polar surface area (TPSA) is 80.3 Å². The van der Waals surface area contributed by atoms with Crippen molar-refractivity contribution in [2.24, 2.45) is 0 Å². The van der Waals surface area contributed by atoms with E-state index in [1.165, 1.54) is 11.8 Å². The minimum atomic E-state index is 0.289. The van der Waals surface area contributed by atoms with Crippen LogP contribution < -0.4 is 0 Å². The molecule has 6 nitrogen and oxygen atoms in total. The van der Waals surface area contributed by atoms with E-state index in [1.807, 2.05) is 36.4 Å². The first-order valence-electron chi connectivity index (χ1n) is 5.74. The molecule has 0 bridgehead atoms. The molecule has 3 aromatic rings. The van der Waals surface area contributed by atoms with Crippen LogP contribution in [0.2, 0.25) is 0 Å². The van der Waals surface area contributed by atoms with Crippen molar-refractivity contribution in [3.05, 3.63) is 54.5 Å². The van der Waals surface area contributed by atoms with Gasteiger partial charge in [0.1, 0.15) is 17.4 Å². The Morgan fingerprint density at radius 2 is 1.90 bits per heavy atom. The molecule has 0 fully saturated rings. The molecule has 1 aromatic carbocycles. The van der Waals surface area contributed by atoms with Gasteiger partial charge in [-0.3, -0.25) is 0 Å². The van der Waals surface area contributed by atoms with Crippen LogP contribution in [0.4, 0.5) is 0 Å². The fourth-order valence-electron chi connectivity index (χ4n) is 1.53. The largest absolute Gasteiger partial charge is 0.220 e. The first kappa shape index (κ1) is 12.3. The van der Waals surface area contributed by atoms with Crippen molar-refractivity contribution in [1.82, 2.24) is 25.0 Å². The SMILES string of the molecule is N#Cc1ccc(Sc2ncn(-c3ccccc3)n2)nn1. The number of aromatic nitrogens is 5. The van der Waals surface area contributed by atoms with Gasteiger partial charge in [-0.1, -0.05) is 18.2 Å². The molecule has 0 aliphatic carbocycles. The molecule has 2 heterocycles. The number of rotatable bonds is 3. The third-order valence-corrected chi connectivity index (χ3v) is 3.24. The van der Waals surface area contributed by atoms with Crippen molar-refractivity contribution in [1.29, 1.82) is 5.26 Å². The van der Waals surface area contributed by atoms with Gasteiger partial charge in [0.15, 0.2) is 5.69 Å². The molecule has 0 atom stereocenters. The zero-order valence-electron chi connectivity index (χ0n) is 10.2. The molecule has 0 aliphatic rings. The van der Waals surface area contributed by atoms with Crippen LogP contribution in [0.1, 0.15) is 5.69 Å². The van der Waals surface area contributed by atoms with Crippen LogP contribution in [-0.4, -0.2) is 25.0 Å².